The van der Waals surface area contributed by atoms with E-state index in [1.54, 1.807) is 0 Å². The van der Waals surface area contributed by atoms with Crippen LogP contribution in [0.4, 0.5) is 4.79 Å². The molecule has 1 spiro atoms. The van der Waals surface area contributed by atoms with E-state index in [4.69, 9.17) is 14.6 Å². The Morgan fingerprint density at radius 2 is 1.88 bits per heavy atom. The second kappa shape index (κ2) is 6.52. The normalized spacial score (nSPS) is 35.8. The van der Waals surface area contributed by atoms with Crippen molar-refractivity contribution >= 4 is 12.0 Å². The van der Waals surface area contributed by atoms with E-state index in [1.165, 1.54) is 0 Å². The Kier molecular flexibility index (Phi) is 4.75. The van der Waals surface area contributed by atoms with Gasteiger partial charge in [0, 0.05) is 19.1 Å². The van der Waals surface area contributed by atoms with Crippen LogP contribution in [0.2, 0.25) is 0 Å². The second-order valence-corrected chi connectivity index (χ2v) is 8.04. The van der Waals surface area contributed by atoms with Crippen LogP contribution >= 0.6 is 0 Å². The number of hydrogen-bond acceptors (Lipinski definition) is 4. The van der Waals surface area contributed by atoms with E-state index < -0.39 is 11.6 Å². The van der Waals surface area contributed by atoms with Gasteiger partial charge in [0.25, 0.3) is 0 Å². The summed E-state index contributed by atoms with van der Waals surface area (Å²) in [4.78, 5) is 25.6. The molecule has 3 rings (SSSR count). The number of aliphatic carboxylic acids is 1. The fourth-order valence-electron chi connectivity index (χ4n) is 4.20. The number of hydrogen-bond donors (Lipinski definition) is 2. The number of nitrogens with one attached hydrogen (secondary N) is 1. The topological polar surface area (TPSA) is 88.1 Å². The highest BCUT2D eigenvalue weighted by Crippen LogP contribution is 2.34. The van der Waals surface area contributed by atoms with Crippen molar-refractivity contribution < 1.29 is 24.2 Å². The highest BCUT2D eigenvalue weighted by atomic mass is 16.6. The lowest BCUT2D eigenvalue weighted by Crippen LogP contribution is -2.63. The minimum absolute atomic E-state index is 0.0647. The molecule has 2 heterocycles. The first-order valence-corrected chi connectivity index (χ1v) is 8.85. The number of carboxylic acids is 1. The number of urea groups is 1. The van der Waals surface area contributed by atoms with Crippen molar-refractivity contribution in [3.05, 3.63) is 0 Å². The smallest absolute Gasteiger partial charge is 0.317 e. The van der Waals surface area contributed by atoms with Gasteiger partial charge in [0.05, 0.1) is 31.2 Å². The van der Waals surface area contributed by atoms with Gasteiger partial charge in [0.1, 0.15) is 5.60 Å². The molecule has 0 radical (unpaired) electrons. The van der Waals surface area contributed by atoms with E-state index in [-0.39, 0.29) is 23.6 Å². The molecule has 2 saturated heterocycles. The van der Waals surface area contributed by atoms with Gasteiger partial charge < -0.3 is 24.8 Å². The molecular formula is C17H28N2O5. The van der Waals surface area contributed by atoms with Gasteiger partial charge in [-0.25, -0.2) is 4.79 Å². The number of morpholine rings is 1. The number of ether oxygens (including phenoxy) is 2. The van der Waals surface area contributed by atoms with Crippen molar-refractivity contribution in [1.29, 1.82) is 0 Å². The van der Waals surface area contributed by atoms with Gasteiger partial charge in [0.2, 0.25) is 0 Å². The minimum Gasteiger partial charge on any atom is -0.481 e. The van der Waals surface area contributed by atoms with Gasteiger partial charge >= 0.3 is 12.0 Å². The Balaban J connectivity index is 1.57. The molecule has 0 aromatic heterocycles. The van der Waals surface area contributed by atoms with E-state index in [1.807, 2.05) is 18.7 Å². The number of carbonyl (C=O) groups excluding carboxylic acids is 1. The second-order valence-electron chi connectivity index (χ2n) is 8.04. The molecule has 24 heavy (non-hydrogen) atoms. The number of amides is 2. The summed E-state index contributed by atoms with van der Waals surface area (Å²) >= 11 is 0. The molecule has 7 heteroatoms. The third-order valence-corrected chi connectivity index (χ3v) is 5.30. The van der Waals surface area contributed by atoms with E-state index in [9.17, 15) is 9.59 Å². The van der Waals surface area contributed by atoms with Crippen molar-refractivity contribution in [3.8, 4) is 0 Å². The van der Waals surface area contributed by atoms with Gasteiger partial charge in [-0.05, 0) is 39.5 Å². The number of carbonyl (C=O) groups is 2. The number of carboxylic acid groups (broad SMARTS) is 1. The van der Waals surface area contributed by atoms with E-state index >= 15 is 0 Å². The summed E-state index contributed by atoms with van der Waals surface area (Å²) in [6.07, 6.45) is 3.53. The van der Waals surface area contributed by atoms with Crippen molar-refractivity contribution in [3.63, 3.8) is 0 Å². The maximum absolute atomic E-state index is 12.7. The first-order chi connectivity index (χ1) is 11.3. The minimum atomic E-state index is -0.724. The average Bonchev–Trinajstić information content (AvgIpc) is 2.93. The van der Waals surface area contributed by atoms with Gasteiger partial charge in [-0.1, -0.05) is 0 Å². The molecule has 136 valence electrons. The van der Waals surface area contributed by atoms with Crippen LogP contribution in [0.15, 0.2) is 0 Å². The van der Waals surface area contributed by atoms with Crippen molar-refractivity contribution in [2.24, 2.45) is 5.92 Å². The standard InChI is InChI=1S/C17H28N2O5/c1-16(2)9-19(10-17(24-16)7-8-23-11-17)15(22)18-13-5-3-12(4-6-13)14(20)21/h12-13H,3-11H2,1-2H3,(H,18,22)(H,20,21). The lowest BCUT2D eigenvalue weighted by molar-refractivity contribution is -0.185. The van der Waals surface area contributed by atoms with Gasteiger partial charge in [-0.15, -0.1) is 0 Å². The van der Waals surface area contributed by atoms with Crippen molar-refractivity contribution in [2.75, 3.05) is 26.3 Å². The molecule has 1 aliphatic carbocycles. The number of nitrogens with zero attached hydrogens (tertiary/aromatic N) is 1. The fraction of sp³-hybridized carbons (Fsp3) is 0.882. The lowest BCUT2D eigenvalue weighted by atomic mass is 9.86. The predicted molar refractivity (Wildman–Crippen MR) is 86.8 cm³/mol. The third kappa shape index (κ3) is 3.83. The number of rotatable bonds is 2. The quantitative estimate of drug-likeness (QED) is 0.797. The Bertz CT molecular complexity index is 493. The summed E-state index contributed by atoms with van der Waals surface area (Å²) in [6, 6.07) is -0.00809. The molecule has 7 nitrogen and oxygen atoms in total. The molecule has 2 aliphatic heterocycles. The summed E-state index contributed by atoms with van der Waals surface area (Å²) in [6.45, 7) is 6.31. The molecule has 3 aliphatic rings. The average molecular weight is 340 g/mol. The fourth-order valence-corrected chi connectivity index (χ4v) is 4.20. The Morgan fingerprint density at radius 1 is 1.17 bits per heavy atom. The first kappa shape index (κ1) is 17.5. The lowest BCUT2D eigenvalue weighted by Gasteiger charge is -2.48. The maximum atomic E-state index is 12.7. The Morgan fingerprint density at radius 3 is 2.46 bits per heavy atom. The van der Waals surface area contributed by atoms with Crippen LogP contribution in [0, 0.1) is 5.92 Å². The summed E-state index contributed by atoms with van der Waals surface area (Å²) < 4.78 is 11.7. The highest BCUT2D eigenvalue weighted by molar-refractivity contribution is 5.75. The van der Waals surface area contributed by atoms with Gasteiger partial charge in [0.15, 0.2) is 0 Å². The van der Waals surface area contributed by atoms with Crippen LogP contribution < -0.4 is 5.32 Å². The van der Waals surface area contributed by atoms with Crippen molar-refractivity contribution in [2.45, 2.75) is 63.2 Å². The summed E-state index contributed by atoms with van der Waals surface area (Å²) in [7, 11) is 0. The molecule has 0 aromatic rings. The Labute approximate surface area is 142 Å². The van der Waals surface area contributed by atoms with Crippen LogP contribution in [0.3, 0.4) is 0 Å². The SMILES string of the molecule is CC1(C)CN(C(=O)NC2CCC(C(=O)O)CC2)CC2(CCOC2)O1. The molecule has 1 unspecified atom stereocenters. The maximum Gasteiger partial charge on any atom is 0.317 e. The van der Waals surface area contributed by atoms with Crippen LogP contribution in [-0.2, 0) is 14.3 Å². The first-order valence-electron chi connectivity index (χ1n) is 8.85. The summed E-state index contributed by atoms with van der Waals surface area (Å²) in [5.41, 5.74) is -0.787. The largest absolute Gasteiger partial charge is 0.481 e. The molecule has 1 saturated carbocycles. The predicted octanol–water partition coefficient (Wildman–Crippen LogP) is 1.61. The molecule has 3 fully saturated rings. The third-order valence-electron chi connectivity index (χ3n) is 5.30. The zero-order valence-electron chi connectivity index (χ0n) is 14.5. The summed E-state index contributed by atoms with van der Waals surface area (Å²) in [5.74, 6) is -0.989. The van der Waals surface area contributed by atoms with E-state index in [2.05, 4.69) is 5.32 Å². The van der Waals surface area contributed by atoms with Crippen LogP contribution in [0.5, 0.6) is 0 Å². The van der Waals surface area contributed by atoms with Crippen LogP contribution in [0.25, 0.3) is 0 Å². The molecule has 2 amide bonds. The molecule has 1 atom stereocenters. The van der Waals surface area contributed by atoms with E-state index in [0.717, 1.165) is 19.3 Å². The van der Waals surface area contributed by atoms with Crippen LogP contribution in [-0.4, -0.2) is 65.6 Å². The monoisotopic (exact) mass is 340 g/mol. The molecule has 0 aromatic carbocycles. The zero-order valence-corrected chi connectivity index (χ0v) is 14.5. The molecule has 0 bridgehead atoms. The Hall–Kier alpha value is -1.34. The van der Waals surface area contributed by atoms with Gasteiger partial charge in [-0.2, -0.15) is 0 Å². The zero-order chi connectivity index (χ0) is 17.4. The van der Waals surface area contributed by atoms with Crippen LogP contribution in [0.1, 0.15) is 46.0 Å². The van der Waals surface area contributed by atoms with Gasteiger partial charge in [-0.3, -0.25) is 4.79 Å². The highest BCUT2D eigenvalue weighted by Gasteiger charge is 2.48. The van der Waals surface area contributed by atoms with E-state index in [0.29, 0.717) is 39.1 Å². The summed E-state index contributed by atoms with van der Waals surface area (Å²) in [5, 5.41) is 12.2. The van der Waals surface area contributed by atoms with Crippen molar-refractivity contribution in [1.82, 2.24) is 10.2 Å². The molecular weight excluding hydrogens is 312 g/mol. The molecule has 2 N–H and O–H groups in total.